The van der Waals surface area contributed by atoms with E-state index in [-0.39, 0.29) is 5.78 Å². The predicted molar refractivity (Wildman–Crippen MR) is 69.0 cm³/mol. The average molecular weight is 262 g/mol. The molecule has 1 aromatic heterocycles. The van der Waals surface area contributed by atoms with E-state index in [4.69, 9.17) is 11.6 Å². The van der Waals surface area contributed by atoms with Crippen LogP contribution in [0.3, 0.4) is 0 Å². The van der Waals surface area contributed by atoms with Gasteiger partial charge in [-0.25, -0.2) is 4.39 Å². The molecule has 0 aliphatic heterocycles. The largest absolute Gasteiger partial charge is 0.289 e. The van der Waals surface area contributed by atoms with E-state index in [1.165, 1.54) is 30.5 Å². The molecule has 0 amide bonds. The molecule has 0 N–H and O–H groups in total. The third-order valence-corrected chi connectivity index (χ3v) is 2.56. The number of nitrogens with zero attached hydrogens (tertiary/aromatic N) is 1. The van der Waals surface area contributed by atoms with Gasteiger partial charge in [0, 0.05) is 28.5 Å². The van der Waals surface area contributed by atoms with E-state index >= 15 is 0 Å². The fourth-order valence-corrected chi connectivity index (χ4v) is 1.57. The Labute approximate surface area is 109 Å². The summed E-state index contributed by atoms with van der Waals surface area (Å²) in [6, 6.07) is 7.61. The van der Waals surface area contributed by atoms with Gasteiger partial charge < -0.3 is 0 Å². The second-order valence-electron chi connectivity index (χ2n) is 3.61. The minimum atomic E-state index is -0.460. The van der Waals surface area contributed by atoms with Gasteiger partial charge in [0.15, 0.2) is 5.78 Å². The zero-order valence-corrected chi connectivity index (χ0v) is 10.1. The van der Waals surface area contributed by atoms with Crippen molar-refractivity contribution in [2.24, 2.45) is 0 Å². The van der Waals surface area contributed by atoms with Crippen LogP contribution in [0.4, 0.5) is 4.39 Å². The van der Waals surface area contributed by atoms with Crippen LogP contribution in [-0.2, 0) is 0 Å². The Balaban J connectivity index is 2.19. The molecule has 0 saturated carbocycles. The summed E-state index contributed by atoms with van der Waals surface area (Å²) in [5, 5.41) is 0.322. The Morgan fingerprint density at radius 2 is 2.17 bits per heavy atom. The number of halogens is 2. The van der Waals surface area contributed by atoms with Gasteiger partial charge in [-0.05, 0) is 36.4 Å². The lowest BCUT2D eigenvalue weighted by molar-refractivity contribution is 0.104. The minimum Gasteiger partial charge on any atom is -0.289 e. The Hall–Kier alpha value is -2.00. The molecule has 2 nitrogen and oxygen atoms in total. The van der Waals surface area contributed by atoms with Gasteiger partial charge in [0.2, 0.25) is 0 Å². The number of hydrogen-bond donors (Lipinski definition) is 0. The van der Waals surface area contributed by atoms with Gasteiger partial charge in [-0.1, -0.05) is 17.7 Å². The van der Waals surface area contributed by atoms with Crippen molar-refractivity contribution in [3.63, 3.8) is 0 Å². The quantitative estimate of drug-likeness (QED) is 0.622. The third kappa shape index (κ3) is 3.02. The topological polar surface area (TPSA) is 30.0 Å². The molecule has 1 aromatic carbocycles. The highest BCUT2D eigenvalue weighted by Gasteiger charge is 2.03. The van der Waals surface area contributed by atoms with Crippen LogP contribution in [0.1, 0.15) is 15.9 Å². The fourth-order valence-electron chi connectivity index (χ4n) is 1.41. The van der Waals surface area contributed by atoms with Gasteiger partial charge in [-0.2, -0.15) is 0 Å². The van der Waals surface area contributed by atoms with Crippen LogP contribution < -0.4 is 0 Å². The first-order chi connectivity index (χ1) is 8.66. The van der Waals surface area contributed by atoms with Gasteiger partial charge in [0.1, 0.15) is 5.82 Å². The van der Waals surface area contributed by atoms with Crippen molar-refractivity contribution >= 4 is 23.5 Å². The van der Waals surface area contributed by atoms with E-state index in [9.17, 15) is 9.18 Å². The molecule has 18 heavy (non-hydrogen) atoms. The van der Waals surface area contributed by atoms with Crippen LogP contribution in [0.15, 0.2) is 48.8 Å². The SMILES string of the molecule is O=C(C=Cc1ccc(Cl)cc1F)c1cccnc1. The molecule has 0 aliphatic rings. The number of pyridine rings is 1. The van der Waals surface area contributed by atoms with Crippen molar-refractivity contribution < 1.29 is 9.18 Å². The number of carbonyl (C=O) groups is 1. The molecule has 2 rings (SSSR count). The van der Waals surface area contributed by atoms with Crippen molar-refractivity contribution in [2.45, 2.75) is 0 Å². The maximum atomic E-state index is 13.4. The number of aromatic nitrogens is 1. The smallest absolute Gasteiger partial charge is 0.187 e. The van der Waals surface area contributed by atoms with Crippen LogP contribution in [0, 0.1) is 5.82 Å². The van der Waals surface area contributed by atoms with E-state index in [0.717, 1.165) is 0 Å². The first kappa shape index (κ1) is 12.5. The van der Waals surface area contributed by atoms with Crippen molar-refractivity contribution in [2.75, 3.05) is 0 Å². The Bertz CT molecular complexity index is 596. The highest BCUT2D eigenvalue weighted by Crippen LogP contribution is 2.16. The summed E-state index contributed by atoms with van der Waals surface area (Å²) in [6.07, 6.45) is 5.77. The number of carbonyl (C=O) groups excluding carboxylic acids is 1. The number of hydrogen-bond acceptors (Lipinski definition) is 2. The lowest BCUT2D eigenvalue weighted by atomic mass is 10.1. The molecule has 0 aliphatic carbocycles. The fraction of sp³-hybridized carbons (Fsp3) is 0. The summed E-state index contributed by atoms with van der Waals surface area (Å²) < 4.78 is 13.4. The summed E-state index contributed by atoms with van der Waals surface area (Å²) in [7, 11) is 0. The van der Waals surface area contributed by atoms with E-state index in [1.54, 1.807) is 24.4 Å². The number of allylic oxidation sites excluding steroid dienone is 1. The van der Waals surface area contributed by atoms with Gasteiger partial charge >= 0.3 is 0 Å². The van der Waals surface area contributed by atoms with Crippen molar-refractivity contribution in [1.29, 1.82) is 0 Å². The van der Waals surface area contributed by atoms with Crippen LogP contribution in [0.2, 0.25) is 5.02 Å². The standard InChI is InChI=1S/C14H9ClFNO/c15-12-5-3-10(13(16)8-12)4-6-14(18)11-2-1-7-17-9-11/h1-9H. The normalized spacial score (nSPS) is 10.8. The molecular formula is C14H9ClFNO. The zero-order chi connectivity index (χ0) is 13.0. The minimum absolute atomic E-state index is 0.225. The number of rotatable bonds is 3. The van der Waals surface area contributed by atoms with Crippen molar-refractivity contribution in [3.05, 3.63) is 70.8 Å². The lowest BCUT2D eigenvalue weighted by Crippen LogP contribution is -1.94. The van der Waals surface area contributed by atoms with Crippen molar-refractivity contribution in [3.8, 4) is 0 Å². The van der Waals surface area contributed by atoms with Gasteiger partial charge in [0.25, 0.3) is 0 Å². The van der Waals surface area contributed by atoms with E-state index in [1.807, 2.05) is 0 Å². The first-order valence-corrected chi connectivity index (χ1v) is 5.62. The van der Waals surface area contributed by atoms with E-state index in [0.29, 0.717) is 16.1 Å². The second kappa shape index (κ2) is 5.56. The monoisotopic (exact) mass is 261 g/mol. The van der Waals surface area contributed by atoms with Gasteiger partial charge in [0.05, 0.1) is 0 Å². The Morgan fingerprint density at radius 1 is 1.33 bits per heavy atom. The maximum Gasteiger partial charge on any atom is 0.187 e. The molecule has 0 radical (unpaired) electrons. The molecule has 0 unspecified atom stereocenters. The molecule has 2 aromatic rings. The van der Waals surface area contributed by atoms with E-state index < -0.39 is 5.82 Å². The molecule has 0 fully saturated rings. The molecule has 4 heteroatoms. The molecule has 0 spiro atoms. The molecular weight excluding hydrogens is 253 g/mol. The van der Waals surface area contributed by atoms with Crippen molar-refractivity contribution in [1.82, 2.24) is 4.98 Å². The average Bonchev–Trinajstić information content (AvgIpc) is 2.38. The van der Waals surface area contributed by atoms with Crippen LogP contribution in [0.25, 0.3) is 6.08 Å². The third-order valence-electron chi connectivity index (χ3n) is 2.32. The van der Waals surface area contributed by atoms with Gasteiger partial charge in [-0.15, -0.1) is 0 Å². The van der Waals surface area contributed by atoms with Gasteiger partial charge in [-0.3, -0.25) is 9.78 Å². The number of benzene rings is 1. The molecule has 1 heterocycles. The predicted octanol–water partition coefficient (Wildman–Crippen LogP) is 3.77. The Kier molecular flexibility index (Phi) is 3.85. The summed E-state index contributed by atoms with van der Waals surface area (Å²) in [4.78, 5) is 15.6. The summed E-state index contributed by atoms with van der Waals surface area (Å²) in [6.45, 7) is 0. The molecule has 90 valence electrons. The summed E-state index contributed by atoms with van der Waals surface area (Å²) in [5.41, 5.74) is 0.778. The molecule has 0 bridgehead atoms. The number of ketones is 1. The highest BCUT2D eigenvalue weighted by molar-refractivity contribution is 6.30. The highest BCUT2D eigenvalue weighted by atomic mass is 35.5. The zero-order valence-electron chi connectivity index (χ0n) is 9.31. The maximum absolute atomic E-state index is 13.4. The second-order valence-corrected chi connectivity index (χ2v) is 4.04. The molecule has 0 atom stereocenters. The summed E-state index contributed by atoms with van der Waals surface area (Å²) in [5.74, 6) is -0.685. The summed E-state index contributed by atoms with van der Waals surface area (Å²) >= 11 is 5.64. The Morgan fingerprint density at radius 3 is 2.83 bits per heavy atom. The lowest BCUT2D eigenvalue weighted by Gasteiger charge is -1.97. The van der Waals surface area contributed by atoms with Crippen LogP contribution in [-0.4, -0.2) is 10.8 Å². The first-order valence-electron chi connectivity index (χ1n) is 5.24. The van der Waals surface area contributed by atoms with Crippen LogP contribution >= 0.6 is 11.6 Å². The molecule has 0 saturated heterocycles. The van der Waals surface area contributed by atoms with Crippen LogP contribution in [0.5, 0.6) is 0 Å². The van der Waals surface area contributed by atoms with E-state index in [2.05, 4.69) is 4.98 Å².